The molecule has 0 bridgehead atoms. The first-order valence-electron chi connectivity index (χ1n) is 3.75. The van der Waals surface area contributed by atoms with Crippen LogP contribution in [-0.2, 0) is 9.84 Å². The Morgan fingerprint density at radius 2 is 1.91 bits per heavy atom. The fourth-order valence-corrected chi connectivity index (χ4v) is 3.29. The highest BCUT2D eigenvalue weighted by Gasteiger charge is 2.34. The lowest BCUT2D eigenvalue weighted by atomic mass is 10.1. The van der Waals surface area contributed by atoms with Gasteiger partial charge in [0.15, 0.2) is 9.84 Å². The summed E-state index contributed by atoms with van der Waals surface area (Å²) < 4.78 is 22.4. The smallest absolute Gasteiger partial charge is 0.153 e. The molecule has 4 heteroatoms. The van der Waals surface area contributed by atoms with Gasteiger partial charge in [-0.1, -0.05) is 0 Å². The van der Waals surface area contributed by atoms with Crippen molar-refractivity contribution in [2.75, 3.05) is 25.1 Å². The molecule has 0 aromatic rings. The van der Waals surface area contributed by atoms with Crippen molar-refractivity contribution in [3.8, 4) is 0 Å². The van der Waals surface area contributed by atoms with Crippen LogP contribution in [0, 0.1) is 0 Å². The fourth-order valence-electron chi connectivity index (χ4n) is 1.30. The summed E-state index contributed by atoms with van der Waals surface area (Å²) in [4.78, 5) is 2.09. The number of sulfone groups is 1. The molecule has 11 heavy (non-hydrogen) atoms. The van der Waals surface area contributed by atoms with Crippen molar-refractivity contribution in [2.24, 2.45) is 0 Å². The number of hydrogen-bond acceptors (Lipinski definition) is 3. The molecule has 1 fully saturated rings. The second kappa shape index (κ2) is 2.45. The van der Waals surface area contributed by atoms with Crippen LogP contribution in [0.5, 0.6) is 0 Å². The highest BCUT2D eigenvalue weighted by atomic mass is 32.2. The van der Waals surface area contributed by atoms with Crippen LogP contribution in [-0.4, -0.2) is 44.0 Å². The van der Waals surface area contributed by atoms with Crippen LogP contribution in [0.1, 0.15) is 13.8 Å². The second-order valence-corrected chi connectivity index (χ2v) is 6.01. The van der Waals surface area contributed by atoms with Crippen molar-refractivity contribution < 1.29 is 8.42 Å². The first-order chi connectivity index (χ1) is 4.83. The van der Waals surface area contributed by atoms with Crippen LogP contribution in [0.25, 0.3) is 0 Å². The van der Waals surface area contributed by atoms with Gasteiger partial charge in [-0.3, -0.25) is 4.90 Å². The second-order valence-electron chi connectivity index (χ2n) is 3.83. The predicted octanol–water partition coefficient (Wildman–Crippen LogP) is 0.125. The third-order valence-electron chi connectivity index (χ3n) is 2.34. The molecular formula is C7H15NO2S. The lowest BCUT2D eigenvalue weighted by Gasteiger charge is -2.39. The summed E-state index contributed by atoms with van der Waals surface area (Å²) in [6.45, 7) is 4.59. The Morgan fingerprint density at radius 3 is 2.27 bits per heavy atom. The van der Waals surface area contributed by atoms with Crippen molar-refractivity contribution >= 4 is 9.84 Å². The molecule has 66 valence electrons. The normalized spacial score (nSPS) is 30.1. The maximum atomic E-state index is 11.2. The summed E-state index contributed by atoms with van der Waals surface area (Å²) in [6, 6.07) is 0. The van der Waals surface area contributed by atoms with E-state index in [-0.39, 0.29) is 11.3 Å². The van der Waals surface area contributed by atoms with E-state index in [0.717, 1.165) is 0 Å². The van der Waals surface area contributed by atoms with Crippen LogP contribution in [0.3, 0.4) is 0 Å². The quantitative estimate of drug-likeness (QED) is 0.527. The SMILES string of the molecule is CN1CCS(=O)(=O)CC1(C)C. The van der Waals surface area contributed by atoms with Crippen molar-refractivity contribution in [3.05, 3.63) is 0 Å². The first kappa shape index (κ1) is 9.00. The average Bonchev–Trinajstić information content (AvgIpc) is 1.77. The molecule has 0 aromatic heterocycles. The van der Waals surface area contributed by atoms with Gasteiger partial charge < -0.3 is 0 Å². The van der Waals surface area contributed by atoms with Gasteiger partial charge in [0, 0.05) is 12.1 Å². The van der Waals surface area contributed by atoms with E-state index in [4.69, 9.17) is 0 Å². The van der Waals surface area contributed by atoms with Crippen molar-refractivity contribution in [3.63, 3.8) is 0 Å². The van der Waals surface area contributed by atoms with E-state index in [2.05, 4.69) is 4.90 Å². The molecule has 0 aliphatic carbocycles. The Bertz CT molecular complexity index is 243. The van der Waals surface area contributed by atoms with Gasteiger partial charge in [0.1, 0.15) is 0 Å². The summed E-state index contributed by atoms with van der Waals surface area (Å²) in [5.41, 5.74) is -0.183. The Morgan fingerprint density at radius 1 is 1.36 bits per heavy atom. The minimum Gasteiger partial charge on any atom is -0.299 e. The van der Waals surface area contributed by atoms with Gasteiger partial charge in [-0.15, -0.1) is 0 Å². The third-order valence-corrected chi connectivity index (χ3v) is 4.30. The van der Waals surface area contributed by atoms with Crippen LogP contribution in [0.15, 0.2) is 0 Å². The van der Waals surface area contributed by atoms with Crippen molar-refractivity contribution in [2.45, 2.75) is 19.4 Å². The summed E-state index contributed by atoms with van der Waals surface area (Å²) in [6.07, 6.45) is 0. The summed E-state index contributed by atoms with van der Waals surface area (Å²) >= 11 is 0. The van der Waals surface area contributed by atoms with E-state index >= 15 is 0 Å². The molecule has 1 aliphatic heterocycles. The largest absolute Gasteiger partial charge is 0.299 e. The third kappa shape index (κ3) is 1.93. The van der Waals surface area contributed by atoms with Crippen LogP contribution in [0.4, 0.5) is 0 Å². The summed E-state index contributed by atoms with van der Waals surface area (Å²) in [7, 11) is -0.798. The monoisotopic (exact) mass is 177 g/mol. The molecular weight excluding hydrogens is 162 g/mol. The summed E-state index contributed by atoms with van der Waals surface area (Å²) in [5.74, 6) is 0.601. The molecule has 3 nitrogen and oxygen atoms in total. The highest BCUT2D eigenvalue weighted by Crippen LogP contribution is 2.19. The number of hydrogen-bond donors (Lipinski definition) is 0. The molecule has 0 radical (unpaired) electrons. The molecule has 1 saturated heterocycles. The van der Waals surface area contributed by atoms with E-state index in [1.165, 1.54) is 0 Å². The Kier molecular flexibility index (Phi) is 2.01. The van der Waals surface area contributed by atoms with Crippen LogP contribution in [0.2, 0.25) is 0 Å². The van der Waals surface area contributed by atoms with Crippen LogP contribution >= 0.6 is 0 Å². The van der Waals surface area contributed by atoms with Crippen molar-refractivity contribution in [1.29, 1.82) is 0 Å². The number of rotatable bonds is 0. The van der Waals surface area contributed by atoms with Gasteiger partial charge in [-0.2, -0.15) is 0 Å². The molecule has 1 aliphatic rings. The Labute approximate surface area is 68.3 Å². The highest BCUT2D eigenvalue weighted by molar-refractivity contribution is 7.91. The molecule has 1 rings (SSSR count). The standard InChI is InChI=1S/C7H15NO2S/c1-7(2)6-11(9,10)5-4-8(7)3/h4-6H2,1-3H3. The zero-order valence-electron chi connectivity index (χ0n) is 7.29. The van der Waals surface area contributed by atoms with Crippen LogP contribution < -0.4 is 0 Å². The van der Waals surface area contributed by atoms with Gasteiger partial charge in [0.2, 0.25) is 0 Å². The first-order valence-corrected chi connectivity index (χ1v) is 5.57. The molecule has 1 heterocycles. The Hall–Kier alpha value is -0.0900. The molecule has 0 amide bonds. The van der Waals surface area contributed by atoms with Gasteiger partial charge in [-0.05, 0) is 20.9 Å². The number of nitrogens with zero attached hydrogens (tertiary/aromatic N) is 1. The minimum atomic E-state index is -2.76. The molecule has 0 N–H and O–H groups in total. The Balaban J connectivity index is 2.83. The van der Waals surface area contributed by atoms with Gasteiger partial charge in [0.25, 0.3) is 0 Å². The van der Waals surface area contributed by atoms with Gasteiger partial charge in [0.05, 0.1) is 11.5 Å². The van der Waals surface area contributed by atoms with E-state index in [0.29, 0.717) is 12.3 Å². The maximum absolute atomic E-state index is 11.2. The topological polar surface area (TPSA) is 37.4 Å². The lowest BCUT2D eigenvalue weighted by Crippen LogP contribution is -2.53. The predicted molar refractivity (Wildman–Crippen MR) is 45.4 cm³/mol. The molecule has 0 unspecified atom stereocenters. The molecule has 0 atom stereocenters. The molecule has 0 saturated carbocycles. The summed E-state index contributed by atoms with van der Waals surface area (Å²) in [5, 5.41) is 0. The van der Waals surface area contributed by atoms with Gasteiger partial charge in [-0.25, -0.2) is 8.42 Å². The van der Waals surface area contributed by atoms with E-state index in [1.807, 2.05) is 20.9 Å². The minimum absolute atomic E-state index is 0.183. The lowest BCUT2D eigenvalue weighted by molar-refractivity contribution is 0.179. The maximum Gasteiger partial charge on any atom is 0.153 e. The molecule has 0 spiro atoms. The zero-order chi connectivity index (χ0) is 8.70. The average molecular weight is 177 g/mol. The zero-order valence-corrected chi connectivity index (χ0v) is 8.11. The van der Waals surface area contributed by atoms with E-state index < -0.39 is 9.84 Å². The van der Waals surface area contributed by atoms with E-state index in [9.17, 15) is 8.42 Å². The van der Waals surface area contributed by atoms with Gasteiger partial charge >= 0.3 is 0 Å². The van der Waals surface area contributed by atoms with E-state index in [1.54, 1.807) is 0 Å². The van der Waals surface area contributed by atoms with Crippen molar-refractivity contribution in [1.82, 2.24) is 4.90 Å². The molecule has 0 aromatic carbocycles. The fraction of sp³-hybridized carbons (Fsp3) is 1.00.